The van der Waals surface area contributed by atoms with Crippen LogP contribution < -0.4 is 5.32 Å². The van der Waals surface area contributed by atoms with Crippen molar-refractivity contribution in [1.82, 2.24) is 9.80 Å². The standard InChI is InChI=1S/C24H25N3O2S2/c28-23(17-6-4-12-26(16-17)24(29)25-18-7-2-1-3-8-18)27-13-10-20-19(11-15-31-20)22(27)21-9-5-14-30-21/h1-3,5,7-9,11,14-15,17,22H,4,6,10,12-13,16H2,(H,25,29)/t17-,22+/m0/s1. The van der Waals surface area contributed by atoms with Gasteiger partial charge >= 0.3 is 6.03 Å². The zero-order chi connectivity index (χ0) is 21.2. The number of nitrogens with zero attached hydrogens (tertiary/aromatic N) is 2. The first-order chi connectivity index (χ1) is 15.2. The van der Waals surface area contributed by atoms with Gasteiger partial charge in [-0.1, -0.05) is 24.3 Å². The molecule has 4 heterocycles. The van der Waals surface area contributed by atoms with Crippen molar-refractivity contribution in [2.75, 3.05) is 25.0 Å². The molecule has 1 aromatic carbocycles. The number of amides is 3. The largest absolute Gasteiger partial charge is 0.330 e. The van der Waals surface area contributed by atoms with Crippen LogP contribution in [0, 0.1) is 5.92 Å². The molecule has 0 bridgehead atoms. The van der Waals surface area contributed by atoms with Crippen LogP contribution in [0.25, 0.3) is 0 Å². The second kappa shape index (κ2) is 8.85. The number of piperidine rings is 1. The molecule has 2 aliphatic heterocycles. The molecule has 2 atom stereocenters. The summed E-state index contributed by atoms with van der Waals surface area (Å²) in [5.41, 5.74) is 2.04. The third-order valence-electron chi connectivity index (χ3n) is 6.14. The number of thiophene rings is 2. The number of benzene rings is 1. The quantitative estimate of drug-likeness (QED) is 0.593. The first kappa shape index (κ1) is 20.3. The van der Waals surface area contributed by atoms with Crippen molar-refractivity contribution in [3.8, 4) is 0 Å². The predicted octanol–water partition coefficient (Wildman–Crippen LogP) is 5.23. The summed E-state index contributed by atoms with van der Waals surface area (Å²) < 4.78 is 0. The molecule has 0 radical (unpaired) electrons. The Balaban J connectivity index is 1.32. The van der Waals surface area contributed by atoms with Gasteiger partial charge < -0.3 is 15.1 Å². The van der Waals surface area contributed by atoms with Crippen molar-refractivity contribution in [2.24, 2.45) is 5.92 Å². The van der Waals surface area contributed by atoms with Crippen LogP contribution in [0.5, 0.6) is 0 Å². The van der Waals surface area contributed by atoms with E-state index in [4.69, 9.17) is 0 Å². The SMILES string of the molecule is O=C(Nc1ccccc1)N1CCC[C@H](C(=O)N2CCc3sccc3[C@@H]2c2cccs2)C1. The maximum absolute atomic E-state index is 13.7. The Labute approximate surface area is 190 Å². The summed E-state index contributed by atoms with van der Waals surface area (Å²) in [4.78, 5) is 32.9. The lowest BCUT2D eigenvalue weighted by Crippen LogP contribution is -2.50. The molecule has 5 rings (SSSR count). The highest BCUT2D eigenvalue weighted by Gasteiger charge is 2.38. The number of carbonyl (C=O) groups is 2. The van der Waals surface area contributed by atoms with Gasteiger partial charge in [-0.05, 0) is 59.9 Å². The third-order valence-corrected chi connectivity index (χ3v) is 8.07. The van der Waals surface area contributed by atoms with Gasteiger partial charge in [0.1, 0.15) is 0 Å². The minimum Gasteiger partial charge on any atom is -0.330 e. The van der Waals surface area contributed by atoms with Crippen LogP contribution in [0.2, 0.25) is 0 Å². The molecule has 7 heteroatoms. The molecule has 0 saturated carbocycles. The highest BCUT2D eigenvalue weighted by Crippen LogP contribution is 2.40. The van der Waals surface area contributed by atoms with E-state index in [-0.39, 0.29) is 23.9 Å². The molecule has 1 fully saturated rings. The number of nitrogens with one attached hydrogen (secondary N) is 1. The monoisotopic (exact) mass is 451 g/mol. The van der Waals surface area contributed by atoms with E-state index in [1.54, 1.807) is 27.6 Å². The van der Waals surface area contributed by atoms with Gasteiger partial charge in [0, 0.05) is 35.1 Å². The van der Waals surface area contributed by atoms with Crippen LogP contribution in [0.3, 0.4) is 0 Å². The molecule has 2 aliphatic rings. The molecule has 160 valence electrons. The number of rotatable bonds is 3. The Hall–Kier alpha value is -2.64. The van der Waals surface area contributed by atoms with Gasteiger partial charge in [0.25, 0.3) is 0 Å². The van der Waals surface area contributed by atoms with Gasteiger partial charge in [-0.3, -0.25) is 4.79 Å². The van der Waals surface area contributed by atoms with Crippen molar-refractivity contribution in [3.63, 3.8) is 0 Å². The topological polar surface area (TPSA) is 52.7 Å². The summed E-state index contributed by atoms with van der Waals surface area (Å²) in [6, 6.07) is 15.7. The number of urea groups is 1. The number of carbonyl (C=O) groups excluding carboxylic acids is 2. The lowest BCUT2D eigenvalue weighted by Gasteiger charge is -2.40. The Morgan fingerprint density at radius 3 is 2.65 bits per heavy atom. The summed E-state index contributed by atoms with van der Waals surface area (Å²) >= 11 is 3.49. The second-order valence-corrected chi connectivity index (χ2v) is 10.1. The van der Waals surface area contributed by atoms with Gasteiger partial charge in [0.15, 0.2) is 0 Å². The number of hydrogen-bond donors (Lipinski definition) is 1. The molecule has 0 aliphatic carbocycles. The fourth-order valence-electron chi connectivity index (χ4n) is 4.63. The molecular weight excluding hydrogens is 426 g/mol. The summed E-state index contributed by atoms with van der Waals surface area (Å²) in [5, 5.41) is 7.17. The molecule has 5 nitrogen and oxygen atoms in total. The van der Waals surface area contributed by atoms with E-state index in [9.17, 15) is 9.59 Å². The van der Waals surface area contributed by atoms with E-state index < -0.39 is 0 Å². The van der Waals surface area contributed by atoms with E-state index in [0.29, 0.717) is 13.1 Å². The first-order valence-corrected chi connectivity index (χ1v) is 12.5. The summed E-state index contributed by atoms with van der Waals surface area (Å²) in [7, 11) is 0. The molecule has 1 N–H and O–H groups in total. The smallest absolute Gasteiger partial charge is 0.321 e. The number of anilines is 1. The van der Waals surface area contributed by atoms with Crippen LogP contribution >= 0.6 is 22.7 Å². The second-order valence-electron chi connectivity index (χ2n) is 8.08. The molecule has 31 heavy (non-hydrogen) atoms. The van der Waals surface area contributed by atoms with E-state index in [1.165, 1.54) is 15.3 Å². The molecule has 1 saturated heterocycles. The average molecular weight is 452 g/mol. The summed E-state index contributed by atoms with van der Waals surface area (Å²) in [6.07, 6.45) is 2.59. The zero-order valence-corrected chi connectivity index (χ0v) is 18.8. The zero-order valence-electron chi connectivity index (χ0n) is 17.2. The van der Waals surface area contributed by atoms with Crippen LogP contribution in [-0.2, 0) is 11.2 Å². The minimum absolute atomic E-state index is 0.00368. The highest BCUT2D eigenvalue weighted by molar-refractivity contribution is 7.10. The van der Waals surface area contributed by atoms with Crippen molar-refractivity contribution in [1.29, 1.82) is 0 Å². The molecule has 0 unspecified atom stereocenters. The number of likely N-dealkylation sites (tertiary alicyclic amines) is 1. The van der Waals surface area contributed by atoms with Gasteiger partial charge in [-0.15, -0.1) is 22.7 Å². The Morgan fingerprint density at radius 2 is 1.84 bits per heavy atom. The Morgan fingerprint density at radius 1 is 0.968 bits per heavy atom. The van der Waals surface area contributed by atoms with Crippen molar-refractivity contribution >= 4 is 40.3 Å². The maximum atomic E-state index is 13.7. The Kier molecular flexibility index (Phi) is 5.78. The van der Waals surface area contributed by atoms with Crippen LogP contribution in [0.1, 0.15) is 34.2 Å². The van der Waals surface area contributed by atoms with E-state index in [0.717, 1.165) is 31.5 Å². The summed E-state index contributed by atoms with van der Waals surface area (Å²) in [6.45, 7) is 1.90. The van der Waals surface area contributed by atoms with Crippen LogP contribution in [-0.4, -0.2) is 41.4 Å². The predicted molar refractivity (Wildman–Crippen MR) is 126 cm³/mol. The van der Waals surface area contributed by atoms with Crippen LogP contribution in [0.4, 0.5) is 10.5 Å². The average Bonchev–Trinajstić information content (AvgIpc) is 3.51. The minimum atomic E-state index is -0.155. The molecule has 3 amide bonds. The number of fused-ring (bicyclic) bond motifs is 1. The highest BCUT2D eigenvalue weighted by atomic mass is 32.1. The number of para-hydroxylation sites is 1. The molecule has 2 aromatic heterocycles. The normalized spacial score (nSPS) is 20.9. The lowest BCUT2D eigenvalue weighted by atomic mass is 9.92. The molecule has 0 spiro atoms. The van der Waals surface area contributed by atoms with Crippen molar-refractivity contribution in [3.05, 3.63) is 74.6 Å². The fourth-order valence-corrected chi connectivity index (χ4v) is 6.39. The fraction of sp³-hybridized carbons (Fsp3) is 0.333. The van der Waals surface area contributed by atoms with Crippen molar-refractivity contribution < 1.29 is 9.59 Å². The van der Waals surface area contributed by atoms with Gasteiger partial charge in [0.05, 0.1) is 12.0 Å². The van der Waals surface area contributed by atoms with E-state index in [1.807, 2.05) is 30.3 Å². The molecule has 3 aromatic rings. The summed E-state index contributed by atoms with van der Waals surface area (Å²) in [5.74, 6) is 0.0189. The van der Waals surface area contributed by atoms with Gasteiger partial charge in [-0.2, -0.15) is 0 Å². The maximum Gasteiger partial charge on any atom is 0.321 e. The third kappa shape index (κ3) is 4.12. The van der Waals surface area contributed by atoms with E-state index >= 15 is 0 Å². The lowest BCUT2D eigenvalue weighted by molar-refractivity contribution is -0.139. The first-order valence-electron chi connectivity index (χ1n) is 10.7. The van der Waals surface area contributed by atoms with E-state index in [2.05, 4.69) is 39.2 Å². The van der Waals surface area contributed by atoms with Crippen molar-refractivity contribution in [2.45, 2.75) is 25.3 Å². The van der Waals surface area contributed by atoms with Crippen LogP contribution in [0.15, 0.2) is 59.3 Å². The molecular formula is C24H25N3O2S2. The van der Waals surface area contributed by atoms with Gasteiger partial charge in [-0.25, -0.2) is 4.79 Å². The van der Waals surface area contributed by atoms with Gasteiger partial charge in [0.2, 0.25) is 5.91 Å². The number of hydrogen-bond acceptors (Lipinski definition) is 4. The Bertz CT molecular complexity index is 1050.